The lowest BCUT2D eigenvalue weighted by Gasteiger charge is -2.43. The van der Waals surface area contributed by atoms with Crippen LogP contribution in [0.25, 0.3) is 0 Å². The lowest BCUT2D eigenvalue weighted by Crippen LogP contribution is -2.53. The van der Waals surface area contributed by atoms with Gasteiger partial charge in [-0.15, -0.1) is 0 Å². The molecule has 0 saturated carbocycles. The highest BCUT2D eigenvalue weighted by Gasteiger charge is 2.27. The quantitative estimate of drug-likeness (QED) is 0.834. The van der Waals surface area contributed by atoms with Gasteiger partial charge in [-0.25, -0.2) is 4.98 Å². The first-order chi connectivity index (χ1) is 8.91. The van der Waals surface area contributed by atoms with Crippen molar-refractivity contribution in [1.29, 1.82) is 0 Å². The number of anilines is 1. The summed E-state index contributed by atoms with van der Waals surface area (Å²) in [5.41, 5.74) is 1.21. The molecule has 1 aromatic heterocycles. The minimum Gasteiger partial charge on any atom is -0.480 e. The largest absolute Gasteiger partial charge is 0.480 e. The molecule has 1 saturated heterocycles. The van der Waals surface area contributed by atoms with Crippen LogP contribution in [0.1, 0.15) is 20.8 Å². The van der Waals surface area contributed by atoms with E-state index in [-0.39, 0.29) is 5.54 Å². The minimum absolute atomic E-state index is 0.225. The Balaban J connectivity index is 2.11. The molecule has 1 aliphatic rings. The van der Waals surface area contributed by atoms with E-state index in [0.29, 0.717) is 10.9 Å². The van der Waals surface area contributed by atoms with Crippen molar-refractivity contribution in [1.82, 2.24) is 9.88 Å². The molecule has 0 aliphatic carbocycles. The standard InChI is InChI=1S/C14H22ClN3O/c1-14(2,3)18-7-5-17(6-8-18)12-9-11(15)10-16-13(12)19-4/h9-10H,5-8H2,1-4H3. The molecule has 0 aromatic carbocycles. The third kappa shape index (κ3) is 3.31. The fourth-order valence-electron chi connectivity index (χ4n) is 2.42. The topological polar surface area (TPSA) is 28.6 Å². The van der Waals surface area contributed by atoms with Crippen LogP contribution in [0.15, 0.2) is 12.3 Å². The van der Waals surface area contributed by atoms with Crippen molar-refractivity contribution < 1.29 is 4.74 Å². The van der Waals surface area contributed by atoms with Gasteiger partial charge in [0.25, 0.3) is 0 Å². The third-order valence-corrected chi connectivity index (χ3v) is 3.77. The number of methoxy groups -OCH3 is 1. The van der Waals surface area contributed by atoms with Crippen molar-refractivity contribution in [2.45, 2.75) is 26.3 Å². The van der Waals surface area contributed by atoms with E-state index in [2.05, 4.69) is 35.6 Å². The fraction of sp³-hybridized carbons (Fsp3) is 0.643. The predicted octanol–water partition coefficient (Wildman–Crippen LogP) is 2.66. The first-order valence-electron chi connectivity index (χ1n) is 6.61. The Morgan fingerprint density at radius 1 is 1.21 bits per heavy atom. The lowest BCUT2D eigenvalue weighted by atomic mass is 10.0. The molecule has 0 unspecified atom stereocenters. The number of pyridine rings is 1. The lowest BCUT2D eigenvalue weighted by molar-refractivity contribution is 0.128. The molecule has 0 N–H and O–H groups in total. The zero-order valence-corrected chi connectivity index (χ0v) is 12.9. The van der Waals surface area contributed by atoms with E-state index in [9.17, 15) is 0 Å². The Bertz CT molecular complexity index is 437. The van der Waals surface area contributed by atoms with E-state index in [1.54, 1.807) is 13.3 Å². The van der Waals surface area contributed by atoms with Crippen LogP contribution in [-0.2, 0) is 0 Å². The summed E-state index contributed by atoms with van der Waals surface area (Å²) in [6, 6.07) is 1.93. The summed E-state index contributed by atoms with van der Waals surface area (Å²) in [5.74, 6) is 0.647. The molecular weight excluding hydrogens is 262 g/mol. The molecule has 2 rings (SSSR count). The highest BCUT2D eigenvalue weighted by molar-refractivity contribution is 6.30. The average molecular weight is 284 g/mol. The van der Waals surface area contributed by atoms with Gasteiger partial charge in [-0.05, 0) is 26.8 Å². The molecule has 0 amide bonds. The van der Waals surface area contributed by atoms with E-state index < -0.39 is 0 Å². The number of rotatable bonds is 2. The van der Waals surface area contributed by atoms with Crippen LogP contribution >= 0.6 is 11.6 Å². The van der Waals surface area contributed by atoms with Gasteiger partial charge in [0.1, 0.15) is 5.69 Å². The van der Waals surface area contributed by atoms with Gasteiger partial charge in [-0.1, -0.05) is 11.6 Å². The van der Waals surface area contributed by atoms with Crippen LogP contribution in [0.3, 0.4) is 0 Å². The molecule has 0 bridgehead atoms. The second-order valence-electron chi connectivity index (χ2n) is 5.83. The van der Waals surface area contributed by atoms with Gasteiger partial charge < -0.3 is 9.64 Å². The molecule has 2 heterocycles. The second kappa shape index (κ2) is 5.55. The Kier molecular flexibility index (Phi) is 4.21. The van der Waals surface area contributed by atoms with Gasteiger partial charge >= 0.3 is 0 Å². The summed E-state index contributed by atoms with van der Waals surface area (Å²) in [7, 11) is 1.64. The molecule has 1 aromatic rings. The Labute approximate surface area is 120 Å². The van der Waals surface area contributed by atoms with Crippen LogP contribution in [-0.4, -0.2) is 48.7 Å². The monoisotopic (exact) mass is 283 g/mol. The first kappa shape index (κ1) is 14.4. The number of hydrogen-bond acceptors (Lipinski definition) is 4. The van der Waals surface area contributed by atoms with Gasteiger partial charge in [-0.2, -0.15) is 0 Å². The number of hydrogen-bond donors (Lipinski definition) is 0. The fourth-order valence-corrected chi connectivity index (χ4v) is 2.57. The normalized spacial score (nSPS) is 17.6. The van der Waals surface area contributed by atoms with E-state index in [4.69, 9.17) is 16.3 Å². The van der Waals surface area contributed by atoms with Crippen molar-refractivity contribution in [2.75, 3.05) is 38.2 Å². The molecular formula is C14H22ClN3O. The maximum absolute atomic E-state index is 6.04. The number of nitrogens with zero attached hydrogens (tertiary/aromatic N) is 3. The van der Waals surface area contributed by atoms with Crippen LogP contribution < -0.4 is 9.64 Å². The molecule has 0 radical (unpaired) electrons. The van der Waals surface area contributed by atoms with Gasteiger partial charge in [0.05, 0.1) is 12.1 Å². The Morgan fingerprint density at radius 2 is 1.84 bits per heavy atom. The number of piperazine rings is 1. The van der Waals surface area contributed by atoms with Crippen molar-refractivity contribution in [3.05, 3.63) is 17.3 Å². The highest BCUT2D eigenvalue weighted by Crippen LogP contribution is 2.30. The van der Waals surface area contributed by atoms with Crippen molar-refractivity contribution in [2.24, 2.45) is 0 Å². The maximum Gasteiger partial charge on any atom is 0.237 e. The van der Waals surface area contributed by atoms with Gasteiger partial charge in [0, 0.05) is 37.9 Å². The van der Waals surface area contributed by atoms with Crippen molar-refractivity contribution >= 4 is 17.3 Å². The van der Waals surface area contributed by atoms with Crippen LogP contribution in [0, 0.1) is 0 Å². The first-order valence-corrected chi connectivity index (χ1v) is 6.99. The Morgan fingerprint density at radius 3 is 2.37 bits per heavy atom. The predicted molar refractivity (Wildman–Crippen MR) is 79.3 cm³/mol. The SMILES string of the molecule is COc1ncc(Cl)cc1N1CCN(C(C)(C)C)CC1. The van der Waals surface area contributed by atoms with Gasteiger partial charge in [0.15, 0.2) is 0 Å². The van der Waals surface area contributed by atoms with Crippen LogP contribution in [0.2, 0.25) is 5.02 Å². The zero-order chi connectivity index (χ0) is 14.0. The summed E-state index contributed by atoms with van der Waals surface area (Å²) in [5, 5.41) is 0.647. The summed E-state index contributed by atoms with van der Waals surface area (Å²) >= 11 is 6.04. The number of ether oxygens (including phenoxy) is 1. The highest BCUT2D eigenvalue weighted by atomic mass is 35.5. The smallest absolute Gasteiger partial charge is 0.237 e. The van der Waals surface area contributed by atoms with Gasteiger partial charge in [0.2, 0.25) is 5.88 Å². The number of aromatic nitrogens is 1. The molecule has 19 heavy (non-hydrogen) atoms. The van der Waals surface area contributed by atoms with Crippen LogP contribution in [0.5, 0.6) is 5.88 Å². The minimum atomic E-state index is 0.225. The maximum atomic E-state index is 6.04. The molecule has 5 heteroatoms. The molecule has 1 fully saturated rings. The third-order valence-electron chi connectivity index (χ3n) is 3.56. The molecule has 4 nitrogen and oxygen atoms in total. The van der Waals surface area contributed by atoms with Crippen molar-refractivity contribution in [3.63, 3.8) is 0 Å². The second-order valence-corrected chi connectivity index (χ2v) is 6.26. The van der Waals surface area contributed by atoms with E-state index in [1.165, 1.54) is 0 Å². The van der Waals surface area contributed by atoms with E-state index >= 15 is 0 Å². The Hall–Kier alpha value is -1.00. The number of halogens is 1. The zero-order valence-electron chi connectivity index (χ0n) is 12.1. The summed E-state index contributed by atoms with van der Waals surface area (Å²) in [6.07, 6.45) is 1.62. The average Bonchev–Trinajstić information content (AvgIpc) is 2.38. The van der Waals surface area contributed by atoms with Crippen molar-refractivity contribution in [3.8, 4) is 5.88 Å². The molecule has 0 spiro atoms. The molecule has 0 atom stereocenters. The van der Waals surface area contributed by atoms with Gasteiger partial charge in [-0.3, -0.25) is 4.90 Å². The molecule has 106 valence electrons. The summed E-state index contributed by atoms with van der Waals surface area (Å²) in [4.78, 5) is 9.02. The van der Waals surface area contributed by atoms with E-state index in [1.807, 2.05) is 6.07 Å². The summed E-state index contributed by atoms with van der Waals surface area (Å²) in [6.45, 7) is 10.8. The van der Waals surface area contributed by atoms with E-state index in [0.717, 1.165) is 31.9 Å². The summed E-state index contributed by atoms with van der Waals surface area (Å²) < 4.78 is 5.32. The van der Waals surface area contributed by atoms with Crippen LogP contribution in [0.4, 0.5) is 5.69 Å². The molecule has 1 aliphatic heterocycles.